The van der Waals surface area contributed by atoms with Gasteiger partial charge in [-0.2, -0.15) is 13.2 Å². The molecule has 1 aliphatic heterocycles. The molecule has 226 valence electrons. The van der Waals surface area contributed by atoms with Gasteiger partial charge in [-0.15, -0.1) is 11.3 Å². The van der Waals surface area contributed by atoms with Crippen LogP contribution in [0.1, 0.15) is 43.2 Å². The number of thioether (sulfide) groups is 1. The molecule has 1 N–H and O–H groups in total. The maximum Gasteiger partial charge on any atom is 0.419 e. The largest absolute Gasteiger partial charge is 0.460 e. The molecular weight excluding hydrogens is 608 g/mol. The Labute approximate surface area is 252 Å². The Morgan fingerprint density at radius 2 is 1.77 bits per heavy atom. The zero-order valence-electron chi connectivity index (χ0n) is 23.2. The smallest absolute Gasteiger partial charge is 0.419 e. The number of nitrogens with one attached hydrogen (secondary N) is 1. The lowest BCUT2D eigenvalue weighted by atomic mass is 10.0. The molecule has 13 heteroatoms. The van der Waals surface area contributed by atoms with Crippen molar-refractivity contribution in [3.8, 4) is 11.1 Å². The third-order valence-corrected chi connectivity index (χ3v) is 7.70. The van der Waals surface area contributed by atoms with Crippen molar-refractivity contribution in [1.29, 1.82) is 0 Å². The van der Waals surface area contributed by atoms with Gasteiger partial charge in [-0.1, -0.05) is 18.2 Å². The fraction of sp³-hybridized carbons (Fsp3) is 0.267. The van der Waals surface area contributed by atoms with Crippen LogP contribution in [0.2, 0.25) is 0 Å². The van der Waals surface area contributed by atoms with Gasteiger partial charge in [0.25, 0.3) is 11.1 Å². The number of hydrogen-bond acceptors (Lipinski definition) is 7. The second-order valence-corrected chi connectivity index (χ2v) is 12.5. The molecule has 3 amide bonds. The number of benzene rings is 2. The van der Waals surface area contributed by atoms with E-state index in [1.165, 1.54) is 18.2 Å². The molecule has 2 aromatic carbocycles. The number of esters is 1. The second kappa shape index (κ2) is 12.7. The molecule has 1 fully saturated rings. The molecule has 4 rings (SSSR count). The van der Waals surface area contributed by atoms with Gasteiger partial charge in [-0.3, -0.25) is 24.1 Å². The van der Waals surface area contributed by atoms with E-state index in [1.807, 2.05) is 0 Å². The monoisotopic (exact) mass is 634 g/mol. The van der Waals surface area contributed by atoms with Crippen LogP contribution < -0.4 is 5.32 Å². The summed E-state index contributed by atoms with van der Waals surface area (Å²) in [4.78, 5) is 51.6. The van der Waals surface area contributed by atoms with Crippen LogP contribution in [0.3, 0.4) is 0 Å². The normalized spacial score (nSPS) is 14.9. The average Bonchev–Trinajstić information content (AvgIpc) is 3.45. The average molecular weight is 635 g/mol. The number of carbonyl (C=O) groups is 4. The Bertz CT molecular complexity index is 1610. The Balaban J connectivity index is 1.36. The molecule has 1 aromatic heterocycles. The van der Waals surface area contributed by atoms with Gasteiger partial charge >= 0.3 is 12.1 Å². The molecule has 0 unspecified atom stereocenters. The van der Waals surface area contributed by atoms with Crippen LogP contribution in [0, 0.1) is 5.82 Å². The lowest BCUT2D eigenvalue weighted by Crippen LogP contribution is -2.31. The van der Waals surface area contributed by atoms with Crippen molar-refractivity contribution in [1.82, 2.24) is 4.90 Å². The summed E-state index contributed by atoms with van der Waals surface area (Å²) in [6.07, 6.45) is -3.55. The highest BCUT2D eigenvalue weighted by Gasteiger charge is 2.36. The van der Waals surface area contributed by atoms with Crippen LogP contribution in [0.4, 0.5) is 28.0 Å². The number of thiophene rings is 1. The van der Waals surface area contributed by atoms with Gasteiger partial charge in [-0.05, 0) is 91.0 Å². The molecule has 0 atom stereocenters. The molecule has 7 nitrogen and oxygen atoms in total. The maximum absolute atomic E-state index is 13.7. The van der Waals surface area contributed by atoms with Gasteiger partial charge in [-0.25, -0.2) is 4.39 Å². The first-order chi connectivity index (χ1) is 20.1. The number of halogens is 4. The summed E-state index contributed by atoms with van der Waals surface area (Å²) in [7, 11) is 0. The lowest BCUT2D eigenvalue weighted by Gasteiger charge is -2.19. The molecule has 1 aliphatic rings. The summed E-state index contributed by atoms with van der Waals surface area (Å²) in [5.41, 5.74) is -0.373. The third kappa shape index (κ3) is 8.54. The molecule has 0 spiro atoms. The van der Waals surface area contributed by atoms with E-state index in [-0.39, 0.29) is 29.9 Å². The quantitative estimate of drug-likeness (QED) is 0.157. The van der Waals surface area contributed by atoms with E-state index in [0.717, 1.165) is 28.4 Å². The number of imide groups is 1. The third-order valence-electron chi connectivity index (χ3n) is 5.91. The second-order valence-electron chi connectivity index (χ2n) is 10.5. The van der Waals surface area contributed by atoms with E-state index < -0.39 is 46.2 Å². The highest BCUT2D eigenvalue weighted by molar-refractivity contribution is 8.18. The van der Waals surface area contributed by atoms with Crippen LogP contribution >= 0.6 is 23.1 Å². The van der Waals surface area contributed by atoms with Crippen LogP contribution in [-0.2, 0) is 31.7 Å². The van der Waals surface area contributed by atoms with Crippen molar-refractivity contribution in [2.75, 3.05) is 11.9 Å². The molecule has 3 aromatic rings. The summed E-state index contributed by atoms with van der Waals surface area (Å²) < 4.78 is 58.3. The van der Waals surface area contributed by atoms with Crippen molar-refractivity contribution in [3.63, 3.8) is 0 Å². The first-order valence-corrected chi connectivity index (χ1v) is 14.6. The number of anilines is 1. The standard InChI is InChI=1S/C30H26F4N2O5S2/c1-29(2,3)41-26(38)12-17-5-4-6-20(11-17)35-25(37)9-10-36-27(39)24(43-28(36)40)15-21-13-19(16-42-21)18-7-8-23(31)22(14-18)30(32,33)34/h4-8,11,13-16H,9-10,12H2,1-3H3,(H,35,37). The molecule has 1 saturated heterocycles. The Morgan fingerprint density at radius 3 is 2.47 bits per heavy atom. The van der Waals surface area contributed by atoms with Gasteiger partial charge < -0.3 is 10.1 Å². The molecule has 0 radical (unpaired) electrons. The van der Waals surface area contributed by atoms with Crippen molar-refractivity contribution < 1.29 is 41.5 Å². The number of carbonyl (C=O) groups excluding carboxylic acids is 4. The SMILES string of the molecule is CC(C)(C)OC(=O)Cc1cccc(NC(=O)CCN2C(=O)SC(=Cc3cc(-c4ccc(F)c(C(F)(F)F)c4)cs3)C2=O)c1. The molecule has 0 bridgehead atoms. The van der Waals surface area contributed by atoms with Crippen molar-refractivity contribution in [3.05, 3.63) is 80.6 Å². The van der Waals surface area contributed by atoms with Crippen LogP contribution in [0.25, 0.3) is 17.2 Å². The molecule has 0 aliphatic carbocycles. The minimum absolute atomic E-state index is 0.0221. The number of amides is 3. The molecule has 2 heterocycles. The van der Waals surface area contributed by atoms with Crippen LogP contribution in [-0.4, -0.2) is 40.1 Å². The summed E-state index contributed by atoms with van der Waals surface area (Å²) in [5, 5.41) is 3.69. The Kier molecular flexibility index (Phi) is 9.45. The van der Waals surface area contributed by atoms with E-state index in [2.05, 4.69) is 5.32 Å². The Hall–Kier alpha value is -3.97. The molecule has 0 saturated carbocycles. The zero-order valence-corrected chi connectivity index (χ0v) is 24.8. The van der Waals surface area contributed by atoms with Crippen molar-refractivity contribution in [2.45, 2.75) is 45.4 Å². The highest BCUT2D eigenvalue weighted by atomic mass is 32.2. The van der Waals surface area contributed by atoms with Gasteiger partial charge in [0.1, 0.15) is 11.4 Å². The Morgan fingerprint density at radius 1 is 1.02 bits per heavy atom. The van der Waals surface area contributed by atoms with E-state index in [1.54, 1.807) is 50.4 Å². The highest BCUT2D eigenvalue weighted by Crippen LogP contribution is 2.37. The predicted octanol–water partition coefficient (Wildman–Crippen LogP) is 7.52. The van der Waals surface area contributed by atoms with Gasteiger partial charge in [0.05, 0.1) is 16.9 Å². The summed E-state index contributed by atoms with van der Waals surface area (Å²) in [6.45, 7) is 5.13. The zero-order chi connectivity index (χ0) is 31.5. The van der Waals surface area contributed by atoms with Crippen molar-refractivity contribution >= 4 is 57.9 Å². The lowest BCUT2D eigenvalue weighted by molar-refractivity contribution is -0.154. The van der Waals surface area contributed by atoms with E-state index >= 15 is 0 Å². The predicted molar refractivity (Wildman–Crippen MR) is 157 cm³/mol. The molecular formula is C30H26F4N2O5S2. The van der Waals surface area contributed by atoms with E-state index in [0.29, 0.717) is 33.5 Å². The minimum atomic E-state index is -4.85. The number of hydrogen-bond donors (Lipinski definition) is 1. The fourth-order valence-corrected chi connectivity index (χ4v) is 5.84. The van der Waals surface area contributed by atoms with Gasteiger partial charge in [0, 0.05) is 23.5 Å². The first-order valence-electron chi connectivity index (χ1n) is 12.9. The summed E-state index contributed by atoms with van der Waals surface area (Å²) >= 11 is 1.83. The number of ether oxygens (including phenoxy) is 1. The molecule has 43 heavy (non-hydrogen) atoms. The van der Waals surface area contributed by atoms with Crippen LogP contribution in [0.15, 0.2) is 58.8 Å². The first kappa shape index (κ1) is 32.0. The number of alkyl halides is 3. The fourth-order valence-electron chi connectivity index (χ4n) is 4.06. The van der Waals surface area contributed by atoms with Gasteiger partial charge in [0.15, 0.2) is 0 Å². The summed E-state index contributed by atoms with van der Waals surface area (Å²) in [5.74, 6) is -2.83. The topological polar surface area (TPSA) is 92.8 Å². The summed E-state index contributed by atoms with van der Waals surface area (Å²) in [6, 6.07) is 10.9. The maximum atomic E-state index is 13.7. The number of rotatable bonds is 8. The number of nitrogens with zero attached hydrogens (tertiary/aromatic N) is 1. The van der Waals surface area contributed by atoms with E-state index in [4.69, 9.17) is 4.74 Å². The van der Waals surface area contributed by atoms with E-state index in [9.17, 15) is 36.7 Å². The van der Waals surface area contributed by atoms with Gasteiger partial charge in [0.2, 0.25) is 5.91 Å². The minimum Gasteiger partial charge on any atom is -0.460 e. The van der Waals surface area contributed by atoms with Crippen LogP contribution in [0.5, 0.6) is 0 Å². The van der Waals surface area contributed by atoms with Crippen molar-refractivity contribution in [2.24, 2.45) is 0 Å².